The molecule has 0 unspecified atom stereocenters. The number of carbonyl (C=O) groups excluding carboxylic acids is 1. The van der Waals surface area contributed by atoms with Gasteiger partial charge in [-0.1, -0.05) is 0 Å². The molecule has 8 heteroatoms. The lowest BCUT2D eigenvalue weighted by molar-refractivity contribution is -0.122. The van der Waals surface area contributed by atoms with Crippen LogP contribution in [0.25, 0.3) is 0 Å². The number of hydrogen-bond acceptors (Lipinski definition) is 4. The number of nitrogens with one attached hydrogen (secondary N) is 2. The molecular formula is C13H20FN3O3S. The third-order valence-electron chi connectivity index (χ3n) is 2.44. The number of halogens is 1. The second-order valence-corrected chi connectivity index (χ2v) is 7.40. The number of anilines is 1. The Labute approximate surface area is 124 Å². The molecule has 0 saturated heterocycles. The number of sulfonamides is 1. The topological polar surface area (TPSA) is 101 Å². The van der Waals surface area contributed by atoms with E-state index in [-0.39, 0.29) is 35.0 Å². The van der Waals surface area contributed by atoms with E-state index in [9.17, 15) is 17.6 Å². The number of hydrogen-bond donors (Lipinski definition) is 3. The first-order valence-electron chi connectivity index (χ1n) is 6.37. The fraction of sp³-hybridized carbons (Fsp3) is 0.462. The Morgan fingerprint density at radius 1 is 1.33 bits per heavy atom. The second kappa shape index (κ2) is 6.40. The largest absolute Gasteiger partial charge is 0.396 e. The van der Waals surface area contributed by atoms with E-state index in [1.54, 1.807) is 0 Å². The second-order valence-electron chi connectivity index (χ2n) is 5.63. The maximum Gasteiger partial charge on any atom is 0.240 e. The van der Waals surface area contributed by atoms with E-state index in [4.69, 9.17) is 5.73 Å². The quantitative estimate of drug-likeness (QED) is 0.705. The number of amides is 1. The SMILES string of the molecule is CC(C)(C)NC(=O)CCNS(=O)(=O)c1ccc(N)c(F)c1. The molecule has 118 valence electrons. The summed E-state index contributed by atoms with van der Waals surface area (Å²) >= 11 is 0. The molecule has 0 spiro atoms. The van der Waals surface area contributed by atoms with Crippen LogP contribution in [0.2, 0.25) is 0 Å². The van der Waals surface area contributed by atoms with Gasteiger partial charge in [0.2, 0.25) is 15.9 Å². The first-order valence-corrected chi connectivity index (χ1v) is 7.85. The fourth-order valence-electron chi connectivity index (χ4n) is 1.54. The highest BCUT2D eigenvalue weighted by Gasteiger charge is 2.17. The lowest BCUT2D eigenvalue weighted by atomic mass is 10.1. The van der Waals surface area contributed by atoms with Gasteiger partial charge in [-0.15, -0.1) is 0 Å². The number of carbonyl (C=O) groups is 1. The molecule has 0 atom stereocenters. The summed E-state index contributed by atoms with van der Waals surface area (Å²) in [5.74, 6) is -1.07. The van der Waals surface area contributed by atoms with Crippen molar-refractivity contribution < 1.29 is 17.6 Å². The predicted molar refractivity (Wildman–Crippen MR) is 78.5 cm³/mol. The Hall–Kier alpha value is -1.67. The van der Waals surface area contributed by atoms with E-state index in [0.29, 0.717) is 0 Å². The number of nitrogen functional groups attached to an aromatic ring is 1. The van der Waals surface area contributed by atoms with Crippen molar-refractivity contribution >= 4 is 21.6 Å². The molecule has 0 aliphatic rings. The average molecular weight is 317 g/mol. The third-order valence-corrected chi connectivity index (χ3v) is 3.90. The van der Waals surface area contributed by atoms with E-state index in [0.717, 1.165) is 6.07 Å². The zero-order valence-corrected chi connectivity index (χ0v) is 13.1. The molecule has 0 radical (unpaired) electrons. The Balaban J connectivity index is 2.61. The molecule has 1 aromatic rings. The summed E-state index contributed by atoms with van der Waals surface area (Å²) in [6, 6.07) is 3.22. The minimum Gasteiger partial charge on any atom is -0.396 e. The molecule has 21 heavy (non-hydrogen) atoms. The summed E-state index contributed by atoms with van der Waals surface area (Å²) in [6.07, 6.45) is -0.00600. The van der Waals surface area contributed by atoms with Gasteiger partial charge in [-0.3, -0.25) is 4.79 Å². The molecule has 0 aliphatic heterocycles. The Kier molecular flexibility index (Phi) is 5.30. The van der Waals surface area contributed by atoms with Crippen molar-refractivity contribution in [1.82, 2.24) is 10.0 Å². The van der Waals surface area contributed by atoms with Gasteiger partial charge in [-0.05, 0) is 39.0 Å². The van der Waals surface area contributed by atoms with Crippen LogP contribution >= 0.6 is 0 Å². The summed E-state index contributed by atoms with van der Waals surface area (Å²) in [7, 11) is -3.86. The molecular weight excluding hydrogens is 297 g/mol. The molecule has 1 aromatic carbocycles. The first kappa shape index (κ1) is 17.4. The highest BCUT2D eigenvalue weighted by Crippen LogP contribution is 2.15. The Morgan fingerprint density at radius 2 is 1.95 bits per heavy atom. The molecule has 0 saturated carbocycles. The summed E-state index contributed by atoms with van der Waals surface area (Å²) in [5.41, 5.74) is 4.78. The van der Waals surface area contributed by atoms with Crippen LogP contribution in [0.15, 0.2) is 23.1 Å². The van der Waals surface area contributed by atoms with Crippen molar-refractivity contribution in [1.29, 1.82) is 0 Å². The van der Waals surface area contributed by atoms with Crippen LogP contribution in [0.1, 0.15) is 27.2 Å². The van der Waals surface area contributed by atoms with Crippen molar-refractivity contribution in [3.63, 3.8) is 0 Å². The van der Waals surface area contributed by atoms with Gasteiger partial charge < -0.3 is 11.1 Å². The Bertz CT molecular complexity index is 624. The molecule has 4 N–H and O–H groups in total. The minimum absolute atomic E-state index is 0.00600. The van der Waals surface area contributed by atoms with Crippen LogP contribution < -0.4 is 15.8 Å². The summed E-state index contributed by atoms with van der Waals surface area (Å²) in [5, 5.41) is 2.71. The van der Waals surface area contributed by atoms with Gasteiger partial charge in [-0.25, -0.2) is 17.5 Å². The molecule has 0 aliphatic carbocycles. The van der Waals surface area contributed by atoms with E-state index < -0.39 is 15.8 Å². The first-order chi connectivity index (χ1) is 9.51. The van der Waals surface area contributed by atoms with Crippen LogP contribution in [0, 0.1) is 5.82 Å². The van der Waals surface area contributed by atoms with Gasteiger partial charge >= 0.3 is 0 Å². The van der Waals surface area contributed by atoms with Crippen LogP contribution in [-0.4, -0.2) is 26.4 Å². The van der Waals surface area contributed by atoms with Crippen molar-refractivity contribution in [3.05, 3.63) is 24.0 Å². The molecule has 0 fully saturated rings. The maximum atomic E-state index is 13.3. The average Bonchev–Trinajstić information content (AvgIpc) is 2.29. The zero-order chi connectivity index (χ0) is 16.3. The van der Waals surface area contributed by atoms with Crippen LogP contribution in [0.5, 0.6) is 0 Å². The maximum absolute atomic E-state index is 13.3. The standard InChI is InChI=1S/C13H20FN3O3S/c1-13(2,3)17-12(18)6-7-16-21(19,20)9-4-5-11(15)10(14)8-9/h4-5,8,16H,6-7,15H2,1-3H3,(H,17,18). The van der Waals surface area contributed by atoms with Gasteiger partial charge in [0.15, 0.2) is 0 Å². The van der Waals surface area contributed by atoms with Gasteiger partial charge in [-0.2, -0.15) is 0 Å². The summed E-state index contributed by atoms with van der Waals surface area (Å²) in [6.45, 7) is 5.40. The molecule has 0 heterocycles. The van der Waals surface area contributed by atoms with E-state index in [1.807, 2.05) is 20.8 Å². The summed E-state index contributed by atoms with van der Waals surface area (Å²) in [4.78, 5) is 11.3. The van der Waals surface area contributed by atoms with Gasteiger partial charge in [0, 0.05) is 18.5 Å². The van der Waals surface area contributed by atoms with Crippen molar-refractivity contribution in [2.24, 2.45) is 0 Å². The lowest BCUT2D eigenvalue weighted by Crippen LogP contribution is -2.41. The molecule has 1 rings (SSSR count). The van der Waals surface area contributed by atoms with Crippen LogP contribution in [0.4, 0.5) is 10.1 Å². The molecule has 0 aromatic heterocycles. The smallest absolute Gasteiger partial charge is 0.240 e. The van der Waals surface area contributed by atoms with Crippen molar-refractivity contribution in [3.8, 4) is 0 Å². The van der Waals surface area contributed by atoms with Gasteiger partial charge in [0.05, 0.1) is 10.6 Å². The highest BCUT2D eigenvalue weighted by molar-refractivity contribution is 7.89. The predicted octanol–water partition coefficient (Wildman–Crippen LogP) is 0.991. The van der Waals surface area contributed by atoms with Crippen molar-refractivity contribution in [2.45, 2.75) is 37.6 Å². The fourth-order valence-corrected chi connectivity index (χ4v) is 2.58. The summed E-state index contributed by atoms with van der Waals surface area (Å²) < 4.78 is 39.3. The van der Waals surface area contributed by atoms with Crippen LogP contribution in [0.3, 0.4) is 0 Å². The highest BCUT2D eigenvalue weighted by atomic mass is 32.2. The lowest BCUT2D eigenvalue weighted by Gasteiger charge is -2.20. The van der Waals surface area contributed by atoms with Crippen LogP contribution in [-0.2, 0) is 14.8 Å². The molecule has 1 amide bonds. The van der Waals surface area contributed by atoms with Crippen molar-refractivity contribution in [2.75, 3.05) is 12.3 Å². The zero-order valence-electron chi connectivity index (χ0n) is 12.2. The monoisotopic (exact) mass is 317 g/mol. The normalized spacial score (nSPS) is 12.2. The number of rotatable bonds is 5. The van der Waals surface area contributed by atoms with E-state index in [2.05, 4.69) is 10.0 Å². The van der Waals surface area contributed by atoms with E-state index >= 15 is 0 Å². The van der Waals surface area contributed by atoms with E-state index in [1.165, 1.54) is 12.1 Å². The minimum atomic E-state index is -3.86. The molecule has 6 nitrogen and oxygen atoms in total. The van der Waals surface area contributed by atoms with Gasteiger partial charge in [0.1, 0.15) is 5.82 Å². The molecule has 0 bridgehead atoms. The number of benzene rings is 1. The number of nitrogens with two attached hydrogens (primary N) is 1. The Morgan fingerprint density at radius 3 is 2.48 bits per heavy atom. The van der Waals surface area contributed by atoms with Gasteiger partial charge in [0.25, 0.3) is 0 Å². The third kappa shape index (κ3) is 5.68.